The third-order valence-electron chi connectivity index (χ3n) is 4.73. The summed E-state index contributed by atoms with van der Waals surface area (Å²) in [5.41, 5.74) is 0. The molecular weight excluding hydrogens is 252 g/mol. The first-order valence-electron chi connectivity index (χ1n) is 8.10. The SMILES string of the molecule is CC1CCCC(NC(=O)CN(CCCO)C(C)C)C1C. The van der Waals surface area contributed by atoms with Gasteiger partial charge in [0, 0.05) is 25.2 Å². The second-order valence-electron chi connectivity index (χ2n) is 6.58. The van der Waals surface area contributed by atoms with Crippen LogP contribution in [0.4, 0.5) is 0 Å². The van der Waals surface area contributed by atoms with Crippen molar-refractivity contribution in [1.82, 2.24) is 10.2 Å². The Morgan fingerprint density at radius 1 is 1.35 bits per heavy atom. The van der Waals surface area contributed by atoms with Crippen molar-refractivity contribution in [3.63, 3.8) is 0 Å². The highest BCUT2D eigenvalue weighted by atomic mass is 16.3. The van der Waals surface area contributed by atoms with Crippen LogP contribution in [0.1, 0.15) is 53.4 Å². The predicted molar refractivity (Wildman–Crippen MR) is 82.5 cm³/mol. The highest BCUT2D eigenvalue weighted by Gasteiger charge is 2.28. The zero-order chi connectivity index (χ0) is 15.1. The Labute approximate surface area is 123 Å². The fraction of sp³-hybridized carbons (Fsp3) is 0.938. The van der Waals surface area contributed by atoms with Gasteiger partial charge in [0.25, 0.3) is 0 Å². The Hall–Kier alpha value is -0.610. The van der Waals surface area contributed by atoms with Gasteiger partial charge in [0.1, 0.15) is 0 Å². The first-order chi connectivity index (χ1) is 9.45. The lowest BCUT2D eigenvalue weighted by atomic mass is 9.78. The number of aliphatic hydroxyl groups excluding tert-OH is 1. The number of carbonyl (C=O) groups excluding carboxylic acids is 1. The Bertz CT molecular complexity index is 294. The van der Waals surface area contributed by atoms with E-state index in [-0.39, 0.29) is 12.5 Å². The van der Waals surface area contributed by atoms with Crippen molar-refractivity contribution in [2.75, 3.05) is 19.7 Å². The van der Waals surface area contributed by atoms with Crippen molar-refractivity contribution in [3.05, 3.63) is 0 Å². The number of hydrogen-bond donors (Lipinski definition) is 2. The summed E-state index contributed by atoms with van der Waals surface area (Å²) < 4.78 is 0. The molecule has 3 atom stereocenters. The minimum absolute atomic E-state index is 0.127. The lowest BCUT2D eigenvalue weighted by Crippen LogP contribution is -2.48. The molecule has 1 fully saturated rings. The number of nitrogens with zero attached hydrogens (tertiary/aromatic N) is 1. The monoisotopic (exact) mass is 284 g/mol. The first kappa shape index (κ1) is 17.4. The van der Waals surface area contributed by atoms with Crippen LogP contribution in [0.15, 0.2) is 0 Å². The lowest BCUT2D eigenvalue weighted by Gasteiger charge is -2.35. The highest BCUT2D eigenvalue weighted by Crippen LogP contribution is 2.29. The minimum atomic E-state index is 0.127. The van der Waals surface area contributed by atoms with E-state index in [1.807, 2.05) is 0 Å². The normalized spacial score (nSPS) is 27.1. The molecule has 0 aromatic heterocycles. The van der Waals surface area contributed by atoms with Crippen LogP contribution in [-0.4, -0.2) is 47.7 Å². The third kappa shape index (κ3) is 5.41. The van der Waals surface area contributed by atoms with Crippen LogP contribution in [-0.2, 0) is 4.79 Å². The number of hydrogen-bond acceptors (Lipinski definition) is 3. The van der Waals surface area contributed by atoms with Crippen LogP contribution in [0.25, 0.3) is 0 Å². The van der Waals surface area contributed by atoms with Crippen molar-refractivity contribution in [3.8, 4) is 0 Å². The Morgan fingerprint density at radius 3 is 2.65 bits per heavy atom. The Morgan fingerprint density at radius 2 is 2.05 bits per heavy atom. The van der Waals surface area contributed by atoms with Gasteiger partial charge in [-0.1, -0.05) is 26.7 Å². The van der Waals surface area contributed by atoms with Gasteiger partial charge in [-0.3, -0.25) is 9.69 Å². The standard InChI is InChI=1S/C16H32N2O2/c1-12(2)18(9-6-10-19)11-16(20)17-15-8-5-7-13(3)14(15)4/h12-15,19H,5-11H2,1-4H3,(H,17,20). The minimum Gasteiger partial charge on any atom is -0.396 e. The Kier molecular flexibility index (Phi) is 7.52. The number of carbonyl (C=O) groups is 1. The first-order valence-corrected chi connectivity index (χ1v) is 8.10. The van der Waals surface area contributed by atoms with Crippen LogP contribution < -0.4 is 5.32 Å². The zero-order valence-corrected chi connectivity index (χ0v) is 13.6. The maximum absolute atomic E-state index is 12.2. The molecule has 1 rings (SSSR count). The molecule has 4 heteroatoms. The summed E-state index contributed by atoms with van der Waals surface area (Å²) in [6.07, 6.45) is 4.33. The van der Waals surface area contributed by atoms with E-state index in [0.717, 1.165) is 19.4 Å². The van der Waals surface area contributed by atoms with Crippen molar-refractivity contribution in [2.24, 2.45) is 11.8 Å². The molecule has 0 spiro atoms. The van der Waals surface area contributed by atoms with Gasteiger partial charge in [0.2, 0.25) is 5.91 Å². The van der Waals surface area contributed by atoms with Gasteiger partial charge in [-0.25, -0.2) is 0 Å². The molecule has 1 amide bonds. The second kappa shape index (κ2) is 8.63. The third-order valence-corrected chi connectivity index (χ3v) is 4.73. The maximum atomic E-state index is 12.2. The van der Waals surface area contributed by atoms with E-state index in [9.17, 15) is 4.79 Å². The number of rotatable bonds is 7. The molecule has 1 saturated carbocycles. The van der Waals surface area contributed by atoms with Crippen molar-refractivity contribution >= 4 is 5.91 Å². The van der Waals surface area contributed by atoms with Gasteiger partial charge in [0.05, 0.1) is 6.54 Å². The van der Waals surface area contributed by atoms with Crippen LogP contribution in [0.2, 0.25) is 0 Å². The summed E-state index contributed by atoms with van der Waals surface area (Å²) in [6, 6.07) is 0.660. The molecule has 0 heterocycles. The summed E-state index contributed by atoms with van der Waals surface area (Å²) in [7, 11) is 0. The predicted octanol–water partition coefficient (Wildman–Crippen LogP) is 2.02. The Balaban J connectivity index is 2.44. The highest BCUT2D eigenvalue weighted by molar-refractivity contribution is 5.78. The number of nitrogens with one attached hydrogen (secondary N) is 1. The molecule has 2 N–H and O–H groups in total. The maximum Gasteiger partial charge on any atom is 0.234 e. The van der Waals surface area contributed by atoms with Crippen molar-refractivity contribution < 1.29 is 9.90 Å². The van der Waals surface area contributed by atoms with Gasteiger partial charge in [-0.15, -0.1) is 0 Å². The van der Waals surface area contributed by atoms with E-state index in [1.54, 1.807) is 0 Å². The molecule has 20 heavy (non-hydrogen) atoms. The molecule has 0 radical (unpaired) electrons. The molecule has 0 aliphatic heterocycles. The van der Waals surface area contributed by atoms with E-state index in [0.29, 0.717) is 30.5 Å². The van der Waals surface area contributed by atoms with Gasteiger partial charge in [-0.05, 0) is 38.5 Å². The molecule has 3 unspecified atom stereocenters. The zero-order valence-electron chi connectivity index (χ0n) is 13.6. The number of amides is 1. The van der Waals surface area contributed by atoms with Crippen LogP contribution in [0, 0.1) is 11.8 Å². The average molecular weight is 284 g/mol. The number of aliphatic hydroxyl groups is 1. The largest absolute Gasteiger partial charge is 0.396 e. The topological polar surface area (TPSA) is 52.6 Å². The smallest absolute Gasteiger partial charge is 0.234 e. The van der Waals surface area contributed by atoms with E-state index < -0.39 is 0 Å². The molecule has 0 aromatic rings. The fourth-order valence-corrected chi connectivity index (χ4v) is 3.02. The van der Waals surface area contributed by atoms with Gasteiger partial charge in [-0.2, -0.15) is 0 Å². The van der Waals surface area contributed by atoms with E-state index >= 15 is 0 Å². The fourth-order valence-electron chi connectivity index (χ4n) is 3.02. The molecule has 0 bridgehead atoms. The summed E-state index contributed by atoms with van der Waals surface area (Å²) in [4.78, 5) is 14.4. The molecule has 0 saturated heterocycles. The summed E-state index contributed by atoms with van der Waals surface area (Å²) in [5.74, 6) is 1.39. The summed E-state index contributed by atoms with van der Waals surface area (Å²) >= 11 is 0. The molecule has 0 aromatic carbocycles. The van der Waals surface area contributed by atoms with Crippen molar-refractivity contribution in [2.45, 2.75) is 65.5 Å². The summed E-state index contributed by atoms with van der Waals surface area (Å²) in [5, 5.41) is 12.1. The summed E-state index contributed by atoms with van der Waals surface area (Å²) in [6.45, 7) is 10.1. The molecule has 1 aliphatic carbocycles. The van der Waals surface area contributed by atoms with E-state index in [4.69, 9.17) is 5.11 Å². The average Bonchev–Trinajstić information content (AvgIpc) is 2.39. The van der Waals surface area contributed by atoms with Gasteiger partial charge >= 0.3 is 0 Å². The second-order valence-corrected chi connectivity index (χ2v) is 6.58. The quantitative estimate of drug-likeness (QED) is 0.752. The van der Waals surface area contributed by atoms with Crippen LogP contribution >= 0.6 is 0 Å². The van der Waals surface area contributed by atoms with Gasteiger partial charge < -0.3 is 10.4 Å². The molecule has 1 aliphatic rings. The van der Waals surface area contributed by atoms with E-state index in [1.165, 1.54) is 12.8 Å². The van der Waals surface area contributed by atoms with Gasteiger partial charge in [0.15, 0.2) is 0 Å². The lowest BCUT2D eigenvalue weighted by molar-refractivity contribution is -0.124. The molecule has 4 nitrogen and oxygen atoms in total. The van der Waals surface area contributed by atoms with Crippen LogP contribution in [0.3, 0.4) is 0 Å². The van der Waals surface area contributed by atoms with E-state index in [2.05, 4.69) is 37.9 Å². The van der Waals surface area contributed by atoms with Crippen LogP contribution in [0.5, 0.6) is 0 Å². The molecule has 118 valence electrons. The van der Waals surface area contributed by atoms with Crippen molar-refractivity contribution in [1.29, 1.82) is 0 Å². The molecular formula is C16H32N2O2.